The zero-order valence-electron chi connectivity index (χ0n) is 19.3. The summed E-state index contributed by atoms with van der Waals surface area (Å²) in [6.45, 7) is 7.76. The number of carbonyl (C=O) groups is 1. The van der Waals surface area contributed by atoms with E-state index in [1.165, 1.54) is 5.56 Å². The summed E-state index contributed by atoms with van der Waals surface area (Å²) in [5, 5.41) is 5.18. The lowest BCUT2D eigenvalue weighted by atomic mass is 10.1. The van der Waals surface area contributed by atoms with E-state index in [4.69, 9.17) is 9.47 Å². The molecule has 5 nitrogen and oxygen atoms in total. The first-order valence-corrected chi connectivity index (χ1v) is 12.3. The van der Waals surface area contributed by atoms with Gasteiger partial charge in [0.1, 0.15) is 5.69 Å². The molecule has 0 aliphatic rings. The Morgan fingerprint density at radius 2 is 1.76 bits per heavy atom. The maximum Gasteiger partial charge on any atom is 0.268 e. The van der Waals surface area contributed by atoms with Gasteiger partial charge in [-0.2, -0.15) is 0 Å². The molecule has 6 heteroatoms. The fourth-order valence-corrected chi connectivity index (χ4v) is 4.89. The van der Waals surface area contributed by atoms with E-state index in [9.17, 15) is 4.79 Å². The van der Waals surface area contributed by atoms with E-state index in [1.54, 1.807) is 11.3 Å². The van der Waals surface area contributed by atoms with Crippen LogP contribution in [0, 0.1) is 0 Å². The average Bonchev–Trinajstić information content (AvgIpc) is 3.42. The molecule has 0 saturated carbocycles. The van der Waals surface area contributed by atoms with Crippen LogP contribution in [0.2, 0.25) is 0 Å². The molecule has 172 valence electrons. The molecule has 0 aliphatic carbocycles. The molecule has 0 saturated heterocycles. The van der Waals surface area contributed by atoms with E-state index in [0.29, 0.717) is 31.9 Å². The minimum atomic E-state index is -0.0582. The van der Waals surface area contributed by atoms with Gasteiger partial charge < -0.3 is 19.4 Å². The Labute approximate surface area is 199 Å². The number of benzene rings is 2. The van der Waals surface area contributed by atoms with Crippen molar-refractivity contribution >= 4 is 27.5 Å². The molecule has 0 bridgehead atoms. The SMILES string of the molecule is CCOc1ccc(CCNC(=O)c2cc3sccc3n2C(C)c2ccccc2)cc1OCC. The molecule has 2 aromatic carbocycles. The molecule has 1 atom stereocenters. The third kappa shape index (κ3) is 5.06. The van der Waals surface area contributed by atoms with Crippen molar-refractivity contribution in [3.8, 4) is 11.5 Å². The zero-order valence-corrected chi connectivity index (χ0v) is 20.2. The van der Waals surface area contributed by atoms with E-state index in [2.05, 4.69) is 40.4 Å². The number of nitrogens with one attached hydrogen (secondary N) is 1. The molecule has 0 fully saturated rings. The molecular formula is C27H30N2O3S. The molecule has 1 N–H and O–H groups in total. The second-order valence-electron chi connectivity index (χ2n) is 7.81. The number of fused-ring (bicyclic) bond motifs is 1. The summed E-state index contributed by atoms with van der Waals surface area (Å²) in [7, 11) is 0. The van der Waals surface area contributed by atoms with Crippen LogP contribution in [0.25, 0.3) is 10.2 Å². The number of ether oxygens (including phenoxy) is 2. The van der Waals surface area contributed by atoms with Crippen molar-refractivity contribution < 1.29 is 14.3 Å². The van der Waals surface area contributed by atoms with Crippen LogP contribution in [-0.4, -0.2) is 30.2 Å². The second kappa shape index (κ2) is 10.6. The van der Waals surface area contributed by atoms with E-state index < -0.39 is 0 Å². The van der Waals surface area contributed by atoms with Crippen molar-refractivity contribution in [2.45, 2.75) is 33.2 Å². The predicted molar refractivity (Wildman–Crippen MR) is 135 cm³/mol. The number of carbonyl (C=O) groups excluding carboxylic acids is 1. The van der Waals surface area contributed by atoms with Crippen LogP contribution in [0.5, 0.6) is 11.5 Å². The molecule has 4 aromatic rings. The van der Waals surface area contributed by atoms with Gasteiger partial charge in [-0.25, -0.2) is 0 Å². The Bertz CT molecular complexity index is 1210. The molecular weight excluding hydrogens is 432 g/mol. The summed E-state index contributed by atoms with van der Waals surface area (Å²) in [4.78, 5) is 13.2. The van der Waals surface area contributed by atoms with Gasteiger partial charge in [0.15, 0.2) is 11.5 Å². The number of rotatable bonds is 10. The van der Waals surface area contributed by atoms with Crippen molar-refractivity contribution in [3.05, 3.63) is 82.9 Å². The summed E-state index contributed by atoms with van der Waals surface area (Å²) >= 11 is 1.66. The highest BCUT2D eigenvalue weighted by atomic mass is 32.1. The van der Waals surface area contributed by atoms with Crippen LogP contribution < -0.4 is 14.8 Å². The number of nitrogens with zero attached hydrogens (tertiary/aromatic N) is 1. The van der Waals surface area contributed by atoms with Crippen molar-refractivity contribution in [2.24, 2.45) is 0 Å². The number of hydrogen-bond acceptors (Lipinski definition) is 4. The van der Waals surface area contributed by atoms with Gasteiger partial charge in [-0.15, -0.1) is 11.3 Å². The first-order valence-electron chi connectivity index (χ1n) is 11.4. The van der Waals surface area contributed by atoms with E-state index in [0.717, 1.165) is 27.3 Å². The smallest absolute Gasteiger partial charge is 0.268 e. The Kier molecular flexibility index (Phi) is 7.35. The monoisotopic (exact) mass is 462 g/mol. The fourth-order valence-electron chi connectivity index (χ4n) is 4.08. The van der Waals surface area contributed by atoms with Crippen LogP contribution in [0.1, 0.15) is 48.4 Å². The Hall–Kier alpha value is -3.25. The van der Waals surface area contributed by atoms with Gasteiger partial charge in [-0.3, -0.25) is 4.79 Å². The number of amides is 1. The molecule has 0 radical (unpaired) electrons. The average molecular weight is 463 g/mol. The fraction of sp³-hybridized carbons (Fsp3) is 0.296. The first-order chi connectivity index (χ1) is 16.1. The number of aromatic nitrogens is 1. The van der Waals surface area contributed by atoms with Crippen molar-refractivity contribution in [1.82, 2.24) is 9.88 Å². The normalized spacial score (nSPS) is 12.0. The van der Waals surface area contributed by atoms with Crippen molar-refractivity contribution in [3.63, 3.8) is 0 Å². The van der Waals surface area contributed by atoms with Gasteiger partial charge in [0.2, 0.25) is 0 Å². The lowest BCUT2D eigenvalue weighted by Crippen LogP contribution is -2.28. The van der Waals surface area contributed by atoms with Crippen LogP contribution in [0.15, 0.2) is 66.0 Å². The highest BCUT2D eigenvalue weighted by molar-refractivity contribution is 7.17. The van der Waals surface area contributed by atoms with E-state index >= 15 is 0 Å². The maximum absolute atomic E-state index is 13.2. The Morgan fingerprint density at radius 1 is 1.00 bits per heavy atom. The van der Waals surface area contributed by atoms with Gasteiger partial charge in [-0.05, 0) is 68.0 Å². The summed E-state index contributed by atoms with van der Waals surface area (Å²) in [5.41, 5.74) is 4.05. The van der Waals surface area contributed by atoms with Gasteiger partial charge in [0.25, 0.3) is 5.91 Å². The lowest BCUT2D eigenvalue weighted by molar-refractivity contribution is 0.0944. The molecule has 2 heterocycles. The number of hydrogen-bond donors (Lipinski definition) is 1. The topological polar surface area (TPSA) is 52.5 Å². The van der Waals surface area contributed by atoms with Crippen LogP contribution >= 0.6 is 11.3 Å². The largest absolute Gasteiger partial charge is 0.490 e. The summed E-state index contributed by atoms with van der Waals surface area (Å²) < 4.78 is 14.6. The predicted octanol–water partition coefficient (Wildman–Crippen LogP) is 6.08. The molecule has 1 amide bonds. The minimum Gasteiger partial charge on any atom is -0.490 e. The van der Waals surface area contributed by atoms with Crippen LogP contribution in [0.3, 0.4) is 0 Å². The molecule has 0 spiro atoms. The third-order valence-corrected chi connectivity index (χ3v) is 6.52. The van der Waals surface area contributed by atoms with E-state index in [-0.39, 0.29) is 11.9 Å². The quantitative estimate of drug-likeness (QED) is 0.311. The highest BCUT2D eigenvalue weighted by Crippen LogP contribution is 2.31. The highest BCUT2D eigenvalue weighted by Gasteiger charge is 2.21. The van der Waals surface area contributed by atoms with Gasteiger partial charge in [-0.1, -0.05) is 36.4 Å². The second-order valence-corrected chi connectivity index (χ2v) is 8.76. The van der Waals surface area contributed by atoms with Crippen LogP contribution in [0.4, 0.5) is 0 Å². The molecule has 2 aromatic heterocycles. The summed E-state index contributed by atoms with van der Waals surface area (Å²) in [6.07, 6.45) is 0.710. The maximum atomic E-state index is 13.2. The van der Waals surface area contributed by atoms with Gasteiger partial charge in [0.05, 0.1) is 29.5 Å². The lowest BCUT2D eigenvalue weighted by Gasteiger charge is -2.19. The Balaban J connectivity index is 1.49. The molecule has 33 heavy (non-hydrogen) atoms. The zero-order chi connectivity index (χ0) is 23.2. The first kappa shape index (κ1) is 22.9. The third-order valence-electron chi connectivity index (χ3n) is 5.67. The standard InChI is InChI=1S/C27H30N2O3S/c1-4-31-24-12-11-20(17-25(24)32-5-2)13-15-28-27(30)23-18-26-22(14-16-33-26)29(23)19(3)21-9-7-6-8-10-21/h6-12,14,16-19H,4-5,13,15H2,1-3H3,(H,28,30). The molecule has 1 unspecified atom stereocenters. The number of thiophene rings is 1. The van der Waals surface area contributed by atoms with Crippen molar-refractivity contribution in [1.29, 1.82) is 0 Å². The molecule has 0 aliphatic heterocycles. The van der Waals surface area contributed by atoms with E-state index in [1.807, 2.05) is 56.3 Å². The van der Waals surface area contributed by atoms with Crippen LogP contribution in [-0.2, 0) is 6.42 Å². The van der Waals surface area contributed by atoms with Gasteiger partial charge >= 0.3 is 0 Å². The van der Waals surface area contributed by atoms with Crippen molar-refractivity contribution in [2.75, 3.05) is 19.8 Å². The Morgan fingerprint density at radius 3 is 2.52 bits per heavy atom. The summed E-state index contributed by atoms with van der Waals surface area (Å²) in [5.74, 6) is 1.44. The minimum absolute atomic E-state index is 0.0545. The molecule has 4 rings (SSSR count). The summed E-state index contributed by atoms with van der Waals surface area (Å²) in [6, 6.07) is 20.4. The van der Waals surface area contributed by atoms with Gasteiger partial charge in [0, 0.05) is 6.54 Å².